The molecule has 0 bridgehead atoms. The first-order valence-electron chi connectivity index (χ1n) is 3.11. The molecule has 1 aromatic heterocycles. The zero-order chi connectivity index (χ0) is 8.43. The second-order valence-electron chi connectivity index (χ2n) is 2.25. The van der Waals surface area contributed by atoms with E-state index in [4.69, 9.17) is 17.3 Å². The molecule has 5 nitrogen and oxygen atoms in total. The van der Waals surface area contributed by atoms with Crippen LogP contribution in [0.3, 0.4) is 0 Å². The SMILES string of the molecule is CN(N)c1nccc(N)c1N. The molecule has 0 aromatic carbocycles. The van der Waals surface area contributed by atoms with E-state index in [9.17, 15) is 0 Å². The number of nitrogen functional groups attached to an aromatic ring is 2. The average Bonchev–Trinajstić information content (AvgIpc) is 1.94. The molecule has 0 amide bonds. The van der Waals surface area contributed by atoms with Crippen LogP contribution in [0.2, 0.25) is 0 Å². The number of hydrogen-bond donors (Lipinski definition) is 3. The molecule has 1 aromatic rings. The van der Waals surface area contributed by atoms with E-state index in [1.165, 1.54) is 5.01 Å². The molecule has 0 aliphatic heterocycles. The monoisotopic (exact) mass is 153 g/mol. The number of rotatable bonds is 1. The van der Waals surface area contributed by atoms with Crippen LogP contribution in [0.1, 0.15) is 0 Å². The van der Waals surface area contributed by atoms with Crippen molar-refractivity contribution in [2.45, 2.75) is 0 Å². The van der Waals surface area contributed by atoms with Gasteiger partial charge in [-0.05, 0) is 6.07 Å². The molecule has 0 aliphatic carbocycles. The Morgan fingerprint density at radius 3 is 2.55 bits per heavy atom. The van der Waals surface area contributed by atoms with Crippen LogP contribution in [0.4, 0.5) is 17.2 Å². The maximum absolute atomic E-state index is 5.57. The van der Waals surface area contributed by atoms with E-state index < -0.39 is 0 Å². The molecule has 0 saturated carbocycles. The maximum Gasteiger partial charge on any atom is 0.167 e. The van der Waals surface area contributed by atoms with Gasteiger partial charge in [0.05, 0.1) is 11.4 Å². The van der Waals surface area contributed by atoms with Gasteiger partial charge >= 0.3 is 0 Å². The summed E-state index contributed by atoms with van der Waals surface area (Å²) in [6.07, 6.45) is 1.56. The lowest BCUT2D eigenvalue weighted by molar-refractivity contribution is 0.981. The normalized spacial score (nSPS) is 9.64. The highest BCUT2D eigenvalue weighted by Crippen LogP contribution is 2.22. The Bertz CT molecular complexity index is 257. The third kappa shape index (κ3) is 1.32. The molecule has 0 fully saturated rings. The van der Waals surface area contributed by atoms with Crippen LogP contribution in [0.15, 0.2) is 12.3 Å². The first-order chi connectivity index (χ1) is 5.13. The van der Waals surface area contributed by atoms with Crippen molar-refractivity contribution in [2.75, 3.05) is 23.5 Å². The number of anilines is 3. The van der Waals surface area contributed by atoms with Crippen LogP contribution in [0.5, 0.6) is 0 Å². The van der Waals surface area contributed by atoms with Crippen molar-refractivity contribution in [1.82, 2.24) is 4.98 Å². The molecule has 0 unspecified atom stereocenters. The highest BCUT2D eigenvalue weighted by molar-refractivity contribution is 5.75. The first-order valence-corrected chi connectivity index (χ1v) is 3.11. The number of hydrazine groups is 1. The molecular formula is C6H11N5. The van der Waals surface area contributed by atoms with Crippen molar-refractivity contribution in [3.8, 4) is 0 Å². The largest absolute Gasteiger partial charge is 0.397 e. The lowest BCUT2D eigenvalue weighted by Gasteiger charge is -2.13. The quantitative estimate of drug-likeness (QED) is 0.375. The number of pyridine rings is 1. The molecule has 60 valence electrons. The van der Waals surface area contributed by atoms with Crippen molar-refractivity contribution >= 4 is 17.2 Å². The van der Waals surface area contributed by atoms with E-state index in [2.05, 4.69) is 4.98 Å². The molecule has 11 heavy (non-hydrogen) atoms. The van der Waals surface area contributed by atoms with E-state index in [0.29, 0.717) is 17.2 Å². The molecule has 0 spiro atoms. The van der Waals surface area contributed by atoms with Crippen molar-refractivity contribution in [1.29, 1.82) is 0 Å². The fourth-order valence-electron chi connectivity index (χ4n) is 0.758. The molecular weight excluding hydrogens is 142 g/mol. The summed E-state index contributed by atoms with van der Waals surface area (Å²) in [5.74, 6) is 5.91. The van der Waals surface area contributed by atoms with Crippen molar-refractivity contribution < 1.29 is 0 Å². The van der Waals surface area contributed by atoms with Crippen molar-refractivity contribution in [3.05, 3.63) is 12.3 Å². The molecule has 0 aliphatic rings. The first kappa shape index (κ1) is 7.62. The van der Waals surface area contributed by atoms with Gasteiger partial charge in [-0.1, -0.05) is 0 Å². The van der Waals surface area contributed by atoms with Crippen molar-refractivity contribution in [2.24, 2.45) is 5.84 Å². The second kappa shape index (κ2) is 2.63. The summed E-state index contributed by atoms with van der Waals surface area (Å²) in [5.41, 5.74) is 12.0. The standard InChI is InChI=1S/C6H11N5/c1-11(9)6-5(8)4(7)2-3-10-6/h2-3H,8-9H2,1H3,(H2,7,10). The van der Waals surface area contributed by atoms with Gasteiger partial charge in [-0.15, -0.1) is 0 Å². The van der Waals surface area contributed by atoms with E-state index in [-0.39, 0.29) is 0 Å². The molecule has 0 radical (unpaired) electrons. The Hall–Kier alpha value is -1.49. The molecule has 1 rings (SSSR count). The van der Waals surface area contributed by atoms with Gasteiger partial charge in [0.1, 0.15) is 0 Å². The lowest BCUT2D eigenvalue weighted by Crippen LogP contribution is -2.27. The average molecular weight is 153 g/mol. The van der Waals surface area contributed by atoms with E-state index in [0.717, 1.165) is 0 Å². The van der Waals surface area contributed by atoms with Gasteiger partial charge in [0.2, 0.25) is 0 Å². The fourth-order valence-corrected chi connectivity index (χ4v) is 0.758. The summed E-state index contributed by atoms with van der Waals surface area (Å²) in [4.78, 5) is 3.93. The van der Waals surface area contributed by atoms with Gasteiger partial charge in [-0.25, -0.2) is 10.8 Å². The molecule has 6 N–H and O–H groups in total. The number of hydrogen-bond acceptors (Lipinski definition) is 5. The molecule has 5 heteroatoms. The topological polar surface area (TPSA) is 94.2 Å². The van der Waals surface area contributed by atoms with Gasteiger partial charge < -0.3 is 11.5 Å². The van der Waals surface area contributed by atoms with E-state index in [1.807, 2.05) is 0 Å². The van der Waals surface area contributed by atoms with E-state index in [1.54, 1.807) is 19.3 Å². The molecule has 0 saturated heterocycles. The summed E-state index contributed by atoms with van der Waals surface area (Å²) in [5, 5.41) is 1.33. The Labute approximate surface area is 64.8 Å². The summed E-state index contributed by atoms with van der Waals surface area (Å²) in [6, 6.07) is 1.63. The lowest BCUT2D eigenvalue weighted by atomic mass is 10.3. The minimum atomic E-state index is 0.414. The zero-order valence-corrected chi connectivity index (χ0v) is 6.28. The van der Waals surface area contributed by atoms with E-state index >= 15 is 0 Å². The Morgan fingerprint density at radius 1 is 1.45 bits per heavy atom. The predicted octanol–water partition coefficient (Wildman–Crippen LogP) is -0.444. The van der Waals surface area contributed by atoms with Gasteiger partial charge in [0.15, 0.2) is 5.82 Å². The highest BCUT2D eigenvalue weighted by Gasteiger charge is 2.04. The van der Waals surface area contributed by atoms with Gasteiger partial charge in [0, 0.05) is 13.2 Å². The fraction of sp³-hybridized carbons (Fsp3) is 0.167. The second-order valence-corrected chi connectivity index (χ2v) is 2.25. The summed E-state index contributed by atoms with van der Waals surface area (Å²) in [7, 11) is 1.65. The Balaban J connectivity index is 3.17. The minimum absolute atomic E-state index is 0.414. The van der Waals surface area contributed by atoms with Crippen LogP contribution in [-0.4, -0.2) is 12.0 Å². The number of nitrogens with two attached hydrogens (primary N) is 3. The third-order valence-corrected chi connectivity index (χ3v) is 1.34. The smallest absolute Gasteiger partial charge is 0.167 e. The van der Waals surface area contributed by atoms with Gasteiger partial charge in [0.25, 0.3) is 0 Å². The molecule has 0 atom stereocenters. The predicted molar refractivity (Wildman–Crippen MR) is 45.7 cm³/mol. The van der Waals surface area contributed by atoms with Gasteiger partial charge in [-0.2, -0.15) is 0 Å². The zero-order valence-electron chi connectivity index (χ0n) is 6.28. The summed E-state index contributed by atoms with van der Waals surface area (Å²) in [6.45, 7) is 0. The van der Waals surface area contributed by atoms with Crippen molar-refractivity contribution in [3.63, 3.8) is 0 Å². The third-order valence-electron chi connectivity index (χ3n) is 1.34. The maximum atomic E-state index is 5.57. The molecule has 1 heterocycles. The number of aromatic nitrogens is 1. The van der Waals surface area contributed by atoms with Gasteiger partial charge in [-0.3, -0.25) is 5.01 Å². The Kier molecular flexibility index (Phi) is 1.82. The van der Waals surface area contributed by atoms with Crippen LogP contribution in [0, 0.1) is 0 Å². The summed E-state index contributed by atoms with van der Waals surface area (Å²) >= 11 is 0. The van der Waals surface area contributed by atoms with Crippen LogP contribution < -0.4 is 22.3 Å². The summed E-state index contributed by atoms with van der Waals surface area (Å²) < 4.78 is 0. The number of nitrogens with zero attached hydrogens (tertiary/aromatic N) is 2. The van der Waals surface area contributed by atoms with Crippen LogP contribution in [-0.2, 0) is 0 Å². The van der Waals surface area contributed by atoms with Crippen LogP contribution >= 0.6 is 0 Å². The Morgan fingerprint density at radius 2 is 2.09 bits per heavy atom. The minimum Gasteiger partial charge on any atom is -0.397 e. The highest BCUT2D eigenvalue weighted by atomic mass is 15.4. The van der Waals surface area contributed by atoms with Crippen LogP contribution in [0.25, 0.3) is 0 Å².